The number of phenols is 1. The first kappa shape index (κ1) is 22.2. The molecule has 2 atom stereocenters. The van der Waals surface area contributed by atoms with E-state index >= 15 is 0 Å². The molecule has 0 aliphatic carbocycles. The predicted molar refractivity (Wildman–Crippen MR) is 120 cm³/mol. The molecule has 1 saturated heterocycles. The first-order valence-corrected chi connectivity index (χ1v) is 12.2. The summed E-state index contributed by atoms with van der Waals surface area (Å²) in [5.74, 6) is -0.423. The monoisotopic (exact) mass is 455 g/mol. The Bertz CT molecular complexity index is 1180. The van der Waals surface area contributed by atoms with Crippen LogP contribution >= 0.6 is 0 Å². The molecule has 4 nitrogen and oxygen atoms in total. The van der Waals surface area contributed by atoms with Crippen molar-refractivity contribution >= 4 is 35.9 Å². The standard InChI is InChI=1S/C24H22F3N2O2Si/c1-32(19-9-5-15-10-18(30)8-4-16(15)11-19)23(31)22(28)21-13-29-12-20(21)14-2-6-17(7-3-14)24(25,26)27/h2-11,20-21,28-30H,12-13H2,1H3/t20-,21+/m1/s1. The minimum Gasteiger partial charge on any atom is -0.508 e. The van der Waals surface area contributed by atoms with Gasteiger partial charge in [-0.2, -0.15) is 13.2 Å². The number of hydrogen-bond donors (Lipinski definition) is 3. The molecule has 1 heterocycles. The summed E-state index contributed by atoms with van der Waals surface area (Å²) in [5, 5.41) is 23.9. The van der Waals surface area contributed by atoms with E-state index in [0.717, 1.165) is 28.1 Å². The van der Waals surface area contributed by atoms with Crippen LogP contribution in [0.15, 0.2) is 60.7 Å². The molecule has 0 aromatic heterocycles. The van der Waals surface area contributed by atoms with Gasteiger partial charge < -0.3 is 15.8 Å². The average molecular weight is 456 g/mol. The van der Waals surface area contributed by atoms with Gasteiger partial charge in [-0.15, -0.1) is 0 Å². The SMILES string of the molecule is C[Si](C(=O)C(=N)[C@H]1CNC[C@@H]1c1ccc(C(F)(F)F)cc1)c1ccc2cc(O)ccc2c1. The number of nitrogens with one attached hydrogen (secondary N) is 2. The van der Waals surface area contributed by atoms with E-state index in [4.69, 9.17) is 5.41 Å². The zero-order valence-electron chi connectivity index (χ0n) is 17.3. The van der Waals surface area contributed by atoms with Crippen LogP contribution in [0.2, 0.25) is 6.55 Å². The Morgan fingerprint density at radius 1 is 1.03 bits per heavy atom. The van der Waals surface area contributed by atoms with Gasteiger partial charge in [0.25, 0.3) is 0 Å². The molecule has 0 spiro atoms. The summed E-state index contributed by atoms with van der Waals surface area (Å²) >= 11 is 0. The quantitative estimate of drug-likeness (QED) is 0.402. The van der Waals surface area contributed by atoms with Gasteiger partial charge in [0.05, 0.1) is 11.3 Å². The van der Waals surface area contributed by atoms with Gasteiger partial charge in [0, 0.05) is 24.9 Å². The molecule has 0 bridgehead atoms. The molecular weight excluding hydrogens is 433 g/mol. The minimum atomic E-state index is -4.40. The summed E-state index contributed by atoms with van der Waals surface area (Å²) in [6, 6.07) is 15.7. The Morgan fingerprint density at radius 3 is 2.38 bits per heavy atom. The predicted octanol–water partition coefficient (Wildman–Crippen LogP) is 4.03. The smallest absolute Gasteiger partial charge is 0.416 e. The van der Waals surface area contributed by atoms with E-state index in [9.17, 15) is 23.1 Å². The molecule has 1 aliphatic rings. The fourth-order valence-electron chi connectivity index (χ4n) is 4.22. The molecule has 3 aromatic carbocycles. The normalized spacial score (nSPS) is 18.9. The Hall–Kier alpha value is -2.97. The van der Waals surface area contributed by atoms with Gasteiger partial charge in [-0.3, -0.25) is 4.79 Å². The van der Waals surface area contributed by atoms with Crippen molar-refractivity contribution < 1.29 is 23.1 Å². The van der Waals surface area contributed by atoms with Gasteiger partial charge in [-0.25, -0.2) is 0 Å². The first-order valence-electron chi connectivity index (χ1n) is 10.2. The largest absolute Gasteiger partial charge is 0.508 e. The fraction of sp³-hybridized carbons (Fsp3) is 0.250. The highest BCUT2D eigenvalue weighted by Crippen LogP contribution is 2.33. The molecule has 1 aliphatic heterocycles. The maximum absolute atomic E-state index is 13.2. The molecule has 0 saturated carbocycles. The maximum Gasteiger partial charge on any atom is 0.416 e. The highest BCUT2D eigenvalue weighted by molar-refractivity contribution is 7.07. The number of carbonyl (C=O) groups is 1. The van der Waals surface area contributed by atoms with Gasteiger partial charge in [-0.05, 0) is 40.6 Å². The van der Waals surface area contributed by atoms with E-state index in [1.54, 1.807) is 18.2 Å². The molecular formula is C24H22F3N2O2Si. The number of hydrogen-bond acceptors (Lipinski definition) is 4. The lowest BCUT2D eigenvalue weighted by molar-refractivity contribution is -0.137. The number of benzene rings is 3. The van der Waals surface area contributed by atoms with Gasteiger partial charge >= 0.3 is 6.18 Å². The number of fused-ring (bicyclic) bond motifs is 1. The topological polar surface area (TPSA) is 73.2 Å². The number of phenolic OH excluding ortho intramolecular Hbond substituents is 1. The van der Waals surface area contributed by atoms with E-state index in [-0.39, 0.29) is 28.7 Å². The number of aromatic hydroxyl groups is 1. The lowest BCUT2D eigenvalue weighted by Gasteiger charge is -2.21. The third-order valence-electron chi connectivity index (χ3n) is 6.09. The lowest BCUT2D eigenvalue weighted by atomic mass is 9.85. The number of halogens is 3. The summed E-state index contributed by atoms with van der Waals surface area (Å²) in [6.07, 6.45) is -4.40. The second kappa shape index (κ2) is 8.52. The van der Waals surface area contributed by atoms with Gasteiger partial charge in [0.15, 0.2) is 14.2 Å². The average Bonchev–Trinajstić information content (AvgIpc) is 3.26. The lowest BCUT2D eigenvalue weighted by Crippen LogP contribution is -2.43. The maximum atomic E-state index is 13.2. The van der Waals surface area contributed by atoms with Crippen LogP contribution in [0.4, 0.5) is 13.2 Å². The Labute approximate surface area is 185 Å². The van der Waals surface area contributed by atoms with E-state index < -0.39 is 20.5 Å². The van der Waals surface area contributed by atoms with Crippen LogP contribution in [0.5, 0.6) is 5.75 Å². The van der Waals surface area contributed by atoms with Crippen LogP contribution in [-0.2, 0) is 11.0 Å². The van der Waals surface area contributed by atoms with Crippen LogP contribution in [-0.4, -0.2) is 38.1 Å². The summed E-state index contributed by atoms with van der Waals surface area (Å²) in [7, 11) is -1.71. The van der Waals surface area contributed by atoms with E-state index in [1.807, 2.05) is 24.7 Å². The van der Waals surface area contributed by atoms with Crippen LogP contribution < -0.4 is 10.5 Å². The summed E-state index contributed by atoms with van der Waals surface area (Å²) < 4.78 is 38.6. The number of carbonyl (C=O) groups excluding carboxylic acids is 1. The molecule has 0 amide bonds. The summed E-state index contributed by atoms with van der Waals surface area (Å²) in [4.78, 5) is 13.2. The summed E-state index contributed by atoms with van der Waals surface area (Å²) in [5.41, 5.74) is 0.0154. The molecule has 4 rings (SSSR count). The van der Waals surface area contributed by atoms with Crippen molar-refractivity contribution in [1.82, 2.24) is 5.32 Å². The Morgan fingerprint density at radius 2 is 1.69 bits per heavy atom. The second-order valence-electron chi connectivity index (χ2n) is 8.11. The Kier molecular flexibility index (Phi) is 5.92. The van der Waals surface area contributed by atoms with Crippen LogP contribution in [0.3, 0.4) is 0 Å². The van der Waals surface area contributed by atoms with Gasteiger partial charge in [0.2, 0.25) is 0 Å². The van der Waals surface area contributed by atoms with E-state index in [2.05, 4.69) is 5.32 Å². The molecule has 1 radical (unpaired) electrons. The van der Waals surface area contributed by atoms with Crippen LogP contribution in [0, 0.1) is 11.3 Å². The van der Waals surface area contributed by atoms with E-state index in [0.29, 0.717) is 18.7 Å². The number of alkyl halides is 3. The van der Waals surface area contributed by atoms with Crippen molar-refractivity contribution in [3.8, 4) is 5.75 Å². The minimum absolute atomic E-state index is 0.0297. The zero-order chi connectivity index (χ0) is 23.0. The third kappa shape index (κ3) is 4.33. The third-order valence-corrected chi connectivity index (χ3v) is 8.22. The molecule has 3 aromatic rings. The second-order valence-corrected chi connectivity index (χ2v) is 10.4. The van der Waals surface area contributed by atoms with Crippen molar-refractivity contribution in [2.75, 3.05) is 13.1 Å². The van der Waals surface area contributed by atoms with Crippen molar-refractivity contribution in [2.24, 2.45) is 5.92 Å². The first-order chi connectivity index (χ1) is 15.1. The van der Waals surface area contributed by atoms with E-state index in [1.165, 1.54) is 12.1 Å². The van der Waals surface area contributed by atoms with Crippen LogP contribution in [0.25, 0.3) is 10.8 Å². The highest BCUT2D eigenvalue weighted by atomic mass is 28.3. The number of rotatable bonds is 5. The van der Waals surface area contributed by atoms with Crippen molar-refractivity contribution in [1.29, 1.82) is 5.41 Å². The molecule has 32 heavy (non-hydrogen) atoms. The molecule has 0 unspecified atom stereocenters. The van der Waals surface area contributed by atoms with Crippen LogP contribution in [0.1, 0.15) is 17.0 Å². The van der Waals surface area contributed by atoms with Crippen molar-refractivity contribution in [3.63, 3.8) is 0 Å². The van der Waals surface area contributed by atoms with Gasteiger partial charge in [-0.1, -0.05) is 48.1 Å². The van der Waals surface area contributed by atoms with Crippen molar-refractivity contribution in [2.45, 2.75) is 18.6 Å². The summed E-state index contributed by atoms with van der Waals surface area (Å²) in [6.45, 7) is 2.82. The molecule has 3 N–H and O–H groups in total. The highest BCUT2D eigenvalue weighted by Gasteiger charge is 2.37. The fourth-order valence-corrected chi connectivity index (χ4v) is 5.78. The van der Waals surface area contributed by atoms with Gasteiger partial charge in [0.1, 0.15) is 5.75 Å². The molecule has 1 fully saturated rings. The zero-order valence-corrected chi connectivity index (χ0v) is 18.3. The van der Waals surface area contributed by atoms with Crippen molar-refractivity contribution in [3.05, 3.63) is 71.8 Å². The Balaban J connectivity index is 1.53. The molecule has 165 valence electrons. The molecule has 8 heteroatoms.